The van der Waals surface area contributed by atoms with Crippen LogP contribution >= 0.6 is 0 Å². The zero-order valence-electron chi connectivity index (χ0n) is 33.3. The molecule has 0 saturated heterocycles. The summed E-state index contributed by atoms with van der Waals surface area (Å²) >= 11 is 0. The van der Waals surface area contributed by atoms with E-state index in [1.54, 1.807) is 0 Å². The van der Waals surface area contributed by atoms with Gasteiger partial charge < -0.3 is 14.9 Å². The molecule has 5 nitrogen and oxygen atoms in total. The van der Waals surface area contributed by atoms with Gasteiger partial charge in [-0.3, -0.25) is 9.59 Å². The van der Waals surface area contributed by atoms with Gasteiger partial charge in [0.1, 0.15) is 0 Å². The van der Waals surface area contributed by atoms with Crippen LogP contribution in [0.25, 0.3) is 0 Å². The molecule has 0 bridgehead atoms. The number of hydrogen-bond donors (Lipinski definition) is 2. The molecule has 8 fully saturated rings. The normalized spacial score (nSPS) is 53.0. The third-order valence-corrected chi connectivity index (χ3v) is 20.0. The van der Waals surface area contributed by atoms with Gasteiger partial charge in [-0.15, -0.1) is 0 Å². The number of ether oxygens (including phenoxy) is 1. The molecule has 5 heteroatoms. The van der Waals surface area contributed by atoms with Crippen molar-refractivity contribution in [3.8, 4) is 0 Å². The molecule has 8 aliphatic carbocycles. The number of rotatable bonds is 8. The Balaban J connectivity index is 1.10. The first kappa shape index (κ1) is 36.9. The molecule has 0 heterocycles. The molecule has 18 atom stereocenters. The molecule has 288 valence electrons. The molecule has 8 saturated carbocycles. The Morgan fingerprint density at radius 2 is 1.00 bits per heavy atom. The van der Waals surface area contributed by atoms with Gasteiger partial charge in [0.05, 0.1) is 23.0 Å². The van der Waals surface area contributed by atoms with E-state index in [-0.39, 0.29) is 23.0 Å². The third-order valence-electron chi connectivity index (χ3n) is 20.0. The van der Waals surface area contributed by atoms with E-state index in [1.807, 2.05) is 0 Å². The lowest BCUT2D eigenvalue weighted by Gasteiger charge is -2.60. The summed E-state index contributed by atoms with van der Waals surface area (Å²) in [6, 6.07) is 0. The first-order valence-corrected chi connectivity index (χ1v) is 22.5. The average Bonchev–Trinajstić information content (AvgIpc) is 3.60. The minimum atomic E-state index is -0.494. The highest BCUT2D eigenvalue weighted by atomic mass is 16.5. The molecule has 2 N–H and O–H groups in total. The molecule has 8 rings (SSSR count). The van der Waals surface area contributed by atoms with Crippen LogP contribution in [0.5, 0.6) is 0 Å². The summed E-state index contributed by atoms with van der Waals surface area (Å²) in [5.74, 6) is 4.83. The first-order chi connectivity index (χ1) is 24.4. The second kappa shape index (κ2) is 13.3. The number of aliphatic carboxylic acids is 2. The van der Waals surface area contributed by atoms with E-state index < -0.39 is 22.8 Å². The summed E-state index contributed by atoms with van der Waals surface area (Å²) in [7, 11) is 0. The predicted octanol–water partition coefficient (Wildman–Crippen LogP) is 11.3. The van der Waals surface area contributed by atoms with E-state index in [2.05, 4.69) is 41.5 Å². The van der Waals surface area contributed by atoms with Gasteiger partial charge >= 0.3 is 11.9 Å². The number of fused-ring (bicyclic) bond motifs is 10. The molecular weight excluding hydrogens is 633 g/mol. The first-order valence-electron chi connectivity index (χ1n) is 22.5. The summed E-state index contributed by atoms with van der Waals surface area (Å²) < 4.78 is 7.84. The Bertz CT molecular complexity index is 1230. The van der Waals surface area contributed by atoms with E-state index >= 15 is 0 Å². The molecule has 51 heavy (non-hydrogen) atoms. The number of carboxylic acid groups (broad SMARTS) is 2. The summed E-state index contributed by atoms with van der Waals surface area (Å²) in [5.41, 5.74) is -0.568. The Morgan fingerprint density at radius 1 is 0.588 bits per heavy atom. The van der Waals surface area contributed by atoms with Crippen LogP contribution in [0.15, 0.2) is 0 Å². The summed E-state index contributed by atoms with van der Waals surface area (Å²) in [5, 5.41) is 21.9. The molecule has 0 aliphatic heterocycles. The van der Waals surface area contributed by atoms with Crippen LogP contribution in [0, 0.1) is 92.7 Å². The Labute approximate surface area is 310 Å². The van der Waals surface area contributed by atoms with Crippen molar-refractivity contribution in [3.63, 3.8) is 0 Å². The maximum Gasteiger partial charge on any atom is 0.310 e. The van der Waals surface area contributed by atoms with Crippen molar-refractivity contribution in [1.82, 2.24) is 0 Å². The maximum atomic E-state index is 13.3. The van der Waals surface area contributed by atoms with Gasteiger partial charge in [-0.25, -0.2) is 0 Å². The van der Waals surface area contributed by atoms with Gasteiger partial charge in [0.15, 0.2) is 0 Å². The van der Waals surface area contributed by atoms with Gasteiger partial charge in [-0.05, 0) is 172 Å². The Morgan fingerprint density at radius 3 is 1.37 bits per heavy atom. The lowest BCUT2D eigenvalue weighted by Crippen LogP contribution is -2.57. The lowest BCUT2D eigenvalue weighted by molar-refractivity contribution is -0.180. The van der Waals surface area contributed by atoms with Crippen LogP contribution in [0.1, 0.15) is 170 Å². The van der Waals surface area contributed by atoms with E-state index in [4.69, 9.17) is 4.74 Å². The number of hydrogen-bond acceptors (Lipinski definition) is 3. The van der Waals surface area contributed by atoms with Crippen LogP contribution in [0.4, 0.5) is 0 Å². The van der Waals surface area contributed by atoms with Crippen molar-refractivity contribution >= 4 is 11.9 Å². The van der Waals surface area contributed by atoms with E-state index in [1.165, 1.54) is 38.5 Å². The van der Waals surface area contributed by atoms with Crippen molar-refractivity contribution in [2.24, 2.45) is 92.7 Å². The summed E-state index contributed by atoms with van der Waals surface area (Å²) in [6.45, 7) is 15.0. The molecule has 0 amide bonds. The number of carboxylic acids is 2. The minimum Gasteiger partial charge on any atom is -0.481 e. The highest BCUT2D eigenvalue weighted by Crippen LogP contribution is 2.72. The van der Waals surface area contributed by atoms with Crippen LogP contribution in [0.2, 0.25) is 0 Å². The molecule has 8 aliphatic rings. The average molecular weight is 707 g/mol. The Hall–Kier alpha value is -1.10. The van der Waals surface area contributed by atoms with Gasteiger partial charge in [-0.1, -0.05) is 80.1 Å². The van der Waals surface area contributed by atoms with Gasteiger partial charge in [-0.2, -0.15) is 0 Å². The largest absolute Gasteiger partial charge is 0.481 e. The Kier molecular flexibility index (Phi) is 9.60. The van der Waals surface area contributed by atoms with Crippen LogP contribution in [-0.2, 0) is 14.3 Å². The van der Waals surface area contributed by atoms with Crippen molar-refractivity contribution in [2.75, 3.05) is 0 Å². The molecule has 4 unspecified atom stereocenters. The molecule has 0 aromatic heterocycles. The molecular formula is C46H74O5. The smallest absolute Gasteiger partial charge is 0.310 e. The topological polar surface area (TPSA) is 83.8 Å². The van der Waals surface area contributed by atoms with Crippen LogP contribution in [-0.4, -0.2) is 34.4 Å². The fourth-order valence-corrected chi connectivity index (χ4v) is 17.7. The minimum absolute atomic E-state index is 0.210. The lowest BCUT2D eigenvalue weighted by atomic mass is 9.44. The van der Waals surface area contributed by atoms with E-state index in [0.29, 0.717) is 71.0 Å². The quantitative estimate of drug-likeness (QED) is 0.262. The standard InChI is InChI=1S/C46H74O5/c1-7-27(3)39-37(25-35-31-17-15-29-13-9-11-21-45(29,41(47)48)33(31)19-23-43(35,39)5)51-38-26-36-32-18-16-30-14-10-12-22-46(30,42(49)50)34(32)20-24-44(36,6)40(38)28(4)8-2/h27-40H,7-26H2,1-6H3,(H,47,48)(H,49,50)/t27-,28-,29?,30?,31-,32-,33+,34+,35+,36+,37?,38?,39+,40+,43+,44+,45-,46-/m1/s1. The van der Waals surface area contributed by atoms with Crippen molar-refractivity contribution in [3.05, 3.63) is 0 Å². The van der Waals surface area contributed by atoms with Crippen LogP contribution < -0.4 is 0 Å². The van der Waals surface area contributed by atoms with Crippen LogP contribution in [0.3, 0.4) is 0 Å². The molecule has 0 spiro atoms. The van der Waals surface area contributed by atoms with Crippen molar-refractivity contribution in [2.45, 2.75) is 182 Å². The van der Waals surface area contributed by atoms with Crippen molar-refractivity contribution < 1.29 is 24.5 Å². The fraction of sp³-hybridized carbons (Fsp3) is 0.957. The third kappa shape index (κ3) is 5.12. The predicted molar refractivity (Wildman–Crippen MR) is 202 cm³/mol. The summed E-state index contributed by atoms with van der Waals surface area (Å²) in [4.78, 5) is 26.6. The van der Waals surface area contributed by atoms with E-state index in [0.717, 1.165) is 89.9 Å². The molecule has 0 radical (unpaired) electrons. The SMILES string of the molecule is CC[C@@H](C)[C@H]1C(OC2C[C@H]3[C@@H]4CCC5CCCC[C@]5(C(=O)O)[C@H]4CC[C@]3(C)[C@H]2[C@H](C)CC)C[C@H]2[C@@H]3CCC4CCCC[C@]4(C(=O)O)[C@H]3CC[C@]12C. The number of carbonyl (C=O) groups is 2. The zero-order chi connectivity index (χ0) is 36.1. The highest BCUT2D eigenvalue weighted by molar-refractivity contribution is 5.76. The van der Waals surface area contributed by atoms with Gasteiger partial charge in [0.25, 0.3) is 0 Å². The molecule has 0 aromatic rings. The van der Waals surface area contributed by atoms with Gasteiger partial charge in [0, 0.05) is 0 Å². The highest BCUT2D eigenvalue weighted by Gasteiger charge is 2.69. The zero-order valence-corrected chi connectivity index (χ0v) is 33.3. The maximum absolute atomic E-state index is 13.3. The van der Waals surface area contributed by atoms with E-state index in [9.17, 15) is 19.8 Å². The van der Waals surface area contributed by atoms with Crippen molar-refractivity contribution in [1.29, 1.82) is 0 Å². The second-order valence-corrected chi connectivity index (χ2v) is 21.1. The fourth-order valence-electron chi connectivity index (χ4n) is 17.7. The molecule has 0 aromatic carbocycles. The van der Waals surface area contributed by atoms with Gasteiger partial charge in [0.2, 0.25) is 0 Å². The summed E-state index contributed by atoms with van der Waals surface area (Å²) in [6.07, 6.45) is 22.9. The second-order valence-electron chi connectivity index (χ2n) is 21.1. The monoisotopic (exact) mass is 707 g/mol.